The maximum absolute atomic E-state index is 6.79. The third-order valence-corrected chi connectivity index (χ3v) is 15.3. The third-order valence-electron chi connectivity index (χ3n) is 15.3. The van der Waals surface area contributed by atoms with Crippen LogP contribution in [0, 0.1) is 18.8 Å². The molecular formula is C71H78N5OPt-3. The van der Waals surface area contributed by atoms with E-state index in [9.17, 15) is 0 Å². The Morgan fingerprint density at radius 2 is 0.974 bits per heavy atom. The first-order valence-electron chi connectivity index (χ1n) is 27.4. The van der Waals surface area contributed by atoms with Crippen molar-refractivity contribution in [2.75, 3.05) is 9.80 Å². The summed E-state index contributed by atoms with van der Waals surface area (Å²) in [6, 6.07) is 52.1. The van der Waals surface area contributed by atoms with Crippen molar-refractivity contribution in [2.24, 2.45) is 0 Å². The van der Waals surface area contributed by atoms with Crippen LogP contribution < -0.4 is 14.5 Å². The number of hydrogen-bond acceptors (Lipinski definition) is 5. The number of para-hydroxylation sites is 1. The van der Waals surface area contributed by atoms with Gasteiger partial charge in [-0.3, -0.25) is 4.98 Å². The molecule has 1 aliphatic heterocycles. The first-order valence-corrected chi connectivity index (χ1v) is 27.4. The van der Waals surface area contributed by atoms with Crippen LogP contribution in [0.5, 0.6) is 11.5 Å². The van der Waals surface area contributed by atoms with Crippen LogP contribution in [0.2, 0.25) is 0 Å². The van der Waals surface area contributed by atoms with Crippen molar-refractivity contribution in [3.05, 3.63) is 192 Å². The Morgan fingerprint density at radius 1 is 0.449 bits per heavy atom. The summed E-state index contributed by atoms with van der Waals surface area (Å²) in [5, 5.41) is 2.22. The van der Waals surface area contributed by atoms with Crippen molar-refractivity contribution < 1.29 is 25.8 Å². The molecule has 9 aromatic rings. The Hall–Kier alpha value is -6.49. The molecule has 0 bridgehead atoms. The van der Waals surface area contributed by atoms with Gasteiger partial charge in [0.2, 0.25) is 0 Å². The molecule has 6 nitrogen and oxygen atoms in total. The Balaban J connectivity index is 0.00000740. The van der Waals surface area contributed by atoms with Gasteiger partial charge in [0.05, 0.1) is 11.9 Å². The Bertz CT molecular complexity index is 3570. The van der Waals surface area contributed by atoms with Gasteiger partial charge >= 0.3 is 0 Å². The van der Waals surface area contributed by atoms with Crippen LogP contribution in [-0.2, 0) is 53.6 Å². The maximum Gasteiger partial charge on any atom is 0.135 e. The fourth-order valence-corrected chi connectivity index (χ4v) is 10.4. The van der Waals surface area contributed by atoms with E-state index in [4.69, 9.17) is 14.7 Å². The van der Waals surface area contributed by atoms with E-state index in [1.807, 2.05) is 36.8 Å². The number of aromatic nitrogens is 3. The summed E-state index contributed by atoms with van der Waals surface area (Å²) >= 11 is 0. The molecule has 78 heavy (non-hydrogen) atoms. The van der Waals surface area contributed by atoms with E-state index in [-0.39, 0.29) is 53.6 Å². The molecule has 10 rings (SSSR count). The molecule has 0 spiro atoms. The zero-order valence-corrected chi connectivity index (χ0v) is 51.6. The van der Waals surface area contributed by atoms with Gasteiger partial charge in [-0.1, -0.05) is 185 Å². The fourth-order valence-electron chi connectivity index (χ4n) is 10.4. The average molecular weight is 1210 g/mol. The number of fused-ring (bicyclic) bond motifs is 4. The molecule has 4 heterocycles. The van der Waals surface area contributed by atoms with Gasteiger partial charge in [0.25, 0.3) is 0 Å². The van der Waals surface area contributed by atoms with E-state index in [1.54, 1.807) is 0 Å². The minimum Gasteiger partial charge on any atom is -0.509 e. The molecule has 1 aliphatic rings. The molecular weight excluding hydrogens is 1130 g/mol. The largest absolute Gasteiger partial charge is 0.509 e. The average Bonchev–Trinajstić information content (AvgIpc) is 4.11. The molecule has 0 N–H and O–H groups in total. The van der Waals surface area contributed by atoms with E-state index >= 15 is 0 Å². The number of benzene rings is 6. The van der Waals surface area contributed by atoms with E-state index in [0.29, 0.717) is 11.5 Å². The van der Waals surface area contributed by atoms with Gasteiger partial charge in [-0.25, -0.2) is 4.98 Å². The third kappa shape index (κ3) is 11.0. The van der Waals surface area contributed by atoms with Crippen LogP contribution >= 0.6 is 0 Å². The van der Waals surface area contributed by atoms with E-state index in [0.717, 1.165) is 50.4 Å². The first-order chi connectivity index (χ1) is 35.9. The van der Waals surface area contributed by atoms with Crippen LogP contribution in [-0.4, -0.2) is 14.5 Å². The quantitative estimate of drug-likeness (QED) is 0.149. The molecule has 406 valence electrons. The molecule has 0 radical (unpaired) electrons. The second-order valence-electron chi connectivity index (χ2n) is 27.6. The zero-order valence-electron chi connectivity index (χ0n) is 49.3. The first kappa shape index (κ1) is 56.2. The van der Waals surface area contributed by atoms with Crippen LogP contribution in [0.3, 0.4) is 0 Å². The Morgan fingerprint density at radius 3 is 1.53 bits per heavy atom. The van der Waals surface area contributed by atoms with Crippen molar-refractivity contribution in [1.82, 2.24) is 14.5 Å². The predicted octanol–water partition coefficient (Wildman–Crippen LogP) is 19.5. The summed E-state index contributed by atoms with van der Waals surface area (Å²) < 4.78 is 9.00. The van der Waals surface area contributed by atoms with Crippen molar-refractivity contribution in [3.63, 3.8) is 0 Å². The molecule has 0 saturated heterocycles. The van der Waals surface area contributed by atoms with E-state index in [1.165, 1.54) is 55.6 Å². The summed E-state index contributed by atoms with van der Waals surface area (Å²) in [4.78, 5) is 14.3. The molecule has 3 aromatic heterocycles. The molecule has 7 heteroatoms. The summed E-state index contributed by atoms with van der Waals surface area (Å²) in [6.07, 6.45) is 5.80. The zero-order chi connectivity index (χ0) is 55.4. The summed E-state index contributed by atoms with van der Waals surface area (Å²) in [5.41, 5.74) is 17.7. The van der Waals surface area contributed by atoms with Crippen molar-refractivity contribution in [2.45, 2.75) is 157 Å². The Labute approximate surface area is 480 Å². The SMILES string of the molecule is CC(C)(C)c1cc(-c2cc(C(C)(C)C)cc(-c3cc(C(C)(C)C)cc(C(C)(C)C)c3)c2N2[CH-]N(c3[c-]c(Oc4[c-]c5c(cc4)c4ccccc4n5-c4cc(C(C)(C)C)ccn4)ccc3)c3ccncc32)cc(C(C)(C)C)c1.[Pt]. The van der Waals surface area contributed by atoms with Crippen molar-refractivity contribution >= 4 is 44.6 Å². The van der Waals surface area contributed by atoms with Gasteiger partial charge in [0, 0.05) is 73.0 Å². The molecule has 0 fully saturated rings. The number of ether oxygens (including phenoxy) is 1. The van der Waals surface area contributed by atoms with Gasteiger partial charge in [0.15, 0.2) is 0 Å². The Kier molecular flexibility index (Phi) is 14.4. The van der Waals surface area contributed by atoms with Gasteiger partial charge in [-0.2, -0.15) is 12.1 Å². The van der Waals surface area contributed by atoms with Crippen LogP contribution in [0.15, 0.2) is 140 Å². The van der Waals surface area contributed by atoms with Gasteiger partial charge in [0.1, 0.15) is 5.82 Å². The van der Waals surface area contributed by atoms with Crippen molar-refractivity contribution in [1.29, 1.82) is 0 Å². The predicted molar refractivity (Wildman–Crippen MR) is 325 cm³/mol. The summed E-state index contributed by atoms with van der Waals surface area (Å²) in [7, 11) is 0. The number of rotatable bonds is 7. The van der Waals surface area contributed by atoms with Gasteiger partial charge in [-0.15, -0.1) is 48.1 Å². The monoisotopic (exact) mass is 1210 g/mol. The smallest absolute Gasteiger partial charge is 0.135 e. The van der Waals surface area contributed by atoms with Crippen LogP contribution in [0.4, 0.5) is 22.7 Å². The second kappa shape index (κ2) is 20.0. The van der Waals surface area contributed by atoms with E-state index in [2.05, 4.69) is 261 Å². The van der Waals surface area contributed by atoms with Crippen molar-refractivity contribution in [3.8, 4) is 39.6 Å². The molecule has 0 atom stereocenters. The standard InChI is InChI=1S/C71H78N5O.Pt/c1-66(2,3)47-28-31-73-64(40-47)76-60-25-20-19-24-56(60)57-27-26-55(42-62(57)76)77-54-23-21-22-53(41-54)74-44-75(63-43-72-30-29-61(63)74)65-58(45-32-48(67(4,5)6)36-49(33-45)68(7,8)9)38-52(71(16,17)18)39-59(65)46-34-50(69(10,11)12)37-51(35-46)70(13,14)15;/h19-40,43-44H,1-18H3;/q-3;. The minimum absolute atomic E-state index is 0. The number of pyridine rings is 2. The van der Waals surface area contributed by atoms with Gasteiger partial charge in [-0.05, 0) is 119 Å². The molecule has 0 amide bonds. The summed E-state index contributed by atoms with van der Waals surface area (Å²) in [5.74, 6) is 2.01. The minimum atomic E-state index is -0.159. The molecule has 0 saturated carbocycles. The normalized spacial score (nSPS) is 13.6. The second-order valence-corrected chi connectivity index (χ2v) is 27.6. The number of hydrogen-bond donors (Lipinski definition) is 0. The fraction of sp³-hybridized carbons (Fsp3) is 0.338. The molecule has 0 unspecified atom stereocenters. The summed E-state index contributed by atoms with van der Waals surface area (Å²) in [6.45, 7) is 43.8. The number of anilines is 4. The van der Waals surface area contributed by atoms with Gasteiger partial charge < -0.3 is 19.1 Å². The topological polar surface area (TPSA) is 46.4 Å². The van der Waals surface area contributed by atoms with E-state index < -0.39 is 0 Å². The maximum atomic E-state index is 6.79. The molecule has 0 aliphatic carbocycles. The molecule has 6 aromatic carbocycles. The van der Waals surface area contributed by atoms with Crippen LogP contribution in [0.25, 0.3) is 49.9 Å². The van der Waals surface area contributed by atoms with Crippen LogP contribution in [0.1, 0.15) is 158 Å². The number of nitrogens with zero attached hydrogens (tertiary/aromatic N) is 5.